The molecule has 2 aromatic rings. The maximum atomic E-state index is 5.66. The van der Waals surface area contributed by atoms with E-state index in [4.69, 9.17) is 10.5 Å². The lowest BCUT2D eigenvalue weighted by Crippen LogP contribution is -2.00. The van der Waals surface area contributed by atoms with Crippen molar-refractivity contribution in [3.63, 3.8) is 0 Å². The van der Waals surface area contributed by atoms with E-state index in [1.807, 2.05) is 18.2 Å². The van der Waals surface area contributed by atoms with Gasteiger partial charge in [-0.15, -0.1) is 0 Å². The van der Waals surface area contributed by atoms with E-state index in [9.17, 15) is 0 Å². The number of hydrogen-bond donors (Lipinski definition) is 1. The summed E-state index contributed by atoms with van der Waals surface area (Å²) < 4.78 is 5.22. The molecule has 0 saturated heterocycles. The summed E-state index contributed by atoms with van der Waals surface area (Å²) in [5.74, 6) is 0.808. The molecule has 16 heavy (non-hydrogen) atoms. The third-order valence-corrected chi connectivity index (χ3v) is 2.39. The van der Waals surface area contributed by atoms with Crippen molar-refractivity contribution < 1.29 is 4.74 Å². The first-order valence-electron chi connectivity index (χ1n) is 4.97. The Hall–Kier alpha value is -1.94. The first-order chi connectivity index (χ1) is 7.85. The molecule has 82 valence electrons. The molecule has 0 spiro atoms. The van der Waals surface area contributed by atoms with Crippen LogP contribution in [0.4, 0.5) is 0 Å². The number of aromatic nitrogens is 2. The topological polar surface area (TPSA) is 61.0 Å². The Morgan fingerprint density at radius 2 is 1.94 bits per heavy atom. The van der Waals surface area contributed by atoms with Crippen LogP contribution in [0.25, 0.3) is 11.1 Å². The molecule has 2 rings (SSSR count). The molecule has 0 aliphatic carbocycles. The molecule has 2 N–H and O–H groups in total. The fraction of sp³-hybridized carbons (Fsp3) is 0.167. The van der Waals surface area contributed by atoms with Gasteiger partial charge < -0.3 is 10.5 Å². The number of ether oxygens (including phenoxy) is 1. The lowest BCUT2D eigenvalue weighted by Gasteiger charge is -2.08. The summed E-state index contributed by atoms with van der Waals surface area (Å²) in [6.07, 6.45) is 5.06. The normalized spacial score (nSPS) is 10.1. The molecular formula is C12H13N3O. The third-order valence-electron chi connectivity index (χ3n) is 2.39. The maximum Gasteiger partial charge on any atom is 0.123 e. The van der Waals surface area contributed by atoms with Gasteiger partial charge >= 0.3 is 0 Å². The van der Waals surface area contributed by atoms with Gasteiger partial charge in [-0.3, -0.25) is 0 Å². The van der Waals surface area contributed by atoms with Gasteiger partial charge in [-0.1, -0.05) is 6.07 Å². The van der Waals surface area contributed by atoms with Crippen LogP contribution in [0.15, 0.2) is 36.9 Å². The number of rotatable bonds is 3. The SMILES string of the molecule is COc1ccc(-c2cncnc2)cc1CN. The smallest absolute Gasteiger partial charge is 0.123 e. The minimum Gasteiger partial charge on any atom is -0.496 e. The summed E-state index contributed by atoms with van der Waals surface area (Å²) in [6.45, 7) is 0.449. The summed E-state index contributed by atoms with van der Waals surface area (Å²) in [5.41, 5.74) is 8.65. The van der Waals surface area contributed by atoms with Gasteiger partial charge in [-0.2, -0.15) is 0 Å². The van der Waals surface area contributed by atoms with E-state index in [2.05, 4.69) is 9.97 Å². The monoisotopic (exact) mass is 215 g/mol. The van der Waals surface area contributed by atoms with Crippen LogP contribution in [0.3, 0.4) is 0 Å². The maximum absolute atomic E-state index is 5.66. The predicted molar refractivity (Wildman–Crippen MR) is 61.9 cm³/mol. The van der Waals surface area contributed by atoms with Crippen molar-refractivity contribution in [2.45, 2.75) is 6.54 Å². The minimum absolute atomic E-state index is 0.449. The largest absolute Gasteiger partial charge is 0.496 e. The van der Waals surface area contributed by atoms with Crippen LogP contribution in [-0.2, 0) is 6.54 Å². The van der Waals surface area contributed by atoms with Gasteiger partial charge in [0.25, 0.3) is 0 Å². The van der Waals surface area contributed by atoms with Gasteiger partial charge in [-0.25, -0.2) is 9.97 Å². The van der Waals surface area contributed by atoms with Crippen molar-refractivity contribution in [3.8, 4) is 16.9 Å². The fourth-order valence-electron chi connectivity index (χ4n) is 1.57. The van der Waals surface area contributed by atoms with Crippen LogP contribution in [0.2, 0.25) is 0 Å². The zero-order valence-corrected chi connectivity index (χ0v) is 9.05. The van der Waals surface area contributed by atoms with Crippen molar-refractivity contribution in [1.29, 1.82) is 0 Å². The standard InChI is InChI=1S/C12H13N3O/c1-16-12-3-2-9(4-10(12)5-13)11-6-14-8-15-7-11/h2-4,6-8H,5,13H2,1H3. The molecule has 1 aromatic carbocycles. The van der Waals surface area contributed by atoms with E-state index >= 15 is 0 Å². The van der Waals surface area contributed by atoms with Gasteiger partial charge in [0.05, 0.1) is 7.11 Å². The summed E-state index contributed by atoms with van der Waals surface area (Å²) in [4.78, 5) is 7.97. The average molecular weight is 215 g/mol. The molecule has 0 aliphatic rings. The van der Waals surface area contributed by atoms with Crippen LogP contribution >= 0.6 is 0 Å². The Bertz CT molecular complexity index is 471. The second-order valence-corrected chi connectivity index (χ2v) is 3.36. The number of hydrogen-bond acceptors (Lipinski definition) is 4. The van der Waals surface area contributed by atoms with Gasteiger partial charge in [0.2, 0.25) is 0 Å². The summed E-state index contributed by atoms with van der Waals surface area (Å²) in [6, 6.07) is 5.87. The van der Waals surface area contributed by atoms with Crippen molar-refractivity contribution in [3.05, 3.63) is 42.5 Å². The molecule has 0 atom stereocenters. The van der Waals surface area contributed by atoms with Gasteiger partial charge in [-0.05, 0) is 17.7 Å². The van der Waals surface area contributed by atoms with E-state index < -0.39 is 0 Å². The highest BCUT2D eigenvalue weighted by molar-refractivity contribution is 5.64. The molecule has 0 aliphatic heterocycles. The molecular weight excluding hydrogens is 202 g/mol. The zero-order valence-electron chi connectivity index (χ0n) is 9.05. The Labute approximate surface area is 94.1 Å². The molecule has 0 radical (unpaired) electrons. The second kappa shape index (κ2) is 4.72. The predicted octanol–water partition coefficient (Wildman–Crippen LogP) is 1.61. The van der Waals surface area contributed by atoms with Crippen molar-refractivity contribution in [2.75, 3.05) is 7.11 Å². The van der Waals surface area contributed by atoms with Gasteiger partial charge in [0.1, 0.15) is 12.1 Å². The Morgan fingerprint density at radius 1 is 1.19 bits per heavy atom. The van der Waals surface area contributed by atoms with E-state index in [0.29, 0.717) is 6.54 Å². The molecule has 1 heterocycles. The first kappa shape index (κ1) is 10.6. The van der Waals surface area contributed by atoms with Gasteiger partial charge in [0.15, 0.2) is 0 Å². The van der Waals surface area contributed by atoms with E-state index in [0.717, 1.165) is 22.4 Å². The second-order valence-electron chi connectivity index (χ2n) is 3.36. The van der Waals surface area contributed by atoms with E-state index in [1.54, 1.807) is 19.5 Å². The first-order valence-corrected chi connectivity index (χ1v) is 4.97. The molecule has 0 amide bonds. The highest BCUT2D eigenvalue weighted by Gasteiger charge is 2.04. The van der Waals surface area contributed by atoms with Crippen LogP contribution in [-0.4, -0.2) is 17.1 Å². The van der Waals surface area contributed by atoms with E-state index in [-0.39, 0.29) is 0 Å². The average Bonchev–Trinajstić information content (AvgIpc) is 2.39. The van der Waals surface area contributed by atoms with Crippen LogP contribution < -0.4 is 10.5 Å². The Morgan fingerprint density at radius 3 is 2.56 bits per heavy atom. The van der Waals surface area contributed by atoms with Crippen molar-refractivity contribution >= 4 is 0 Å². The molecule has 4 heteroatoms. The quantitative estimate of drug-likeness (QED) is 0.845. The molecule has 0 fully saturated rings. The highest BCUT2D eigenvalue weighted by Crippen LogP contribution is 2.25. The Kier molecular flexibility index (Phi) is 3.12. The number of methoxy groups -OCH3 is 1. The molecule has 0 bridgehead atoms. The van der Waals surface area contributed by atoms with Crippen LogP contribution in [0, 0.1) is 0 Å². The molecule has 4 nitrogen and oxygen atoms in total. The van der Waals surface area contributed by atoms with Crippen molar-refractivity contribution in [2.24, 2.45) is 5.73 Å². The lowest BCUT2D eigenvalue weighted by molar-refractivity contribution is 0.410. The van der Waals surface area contributed by atoms with Crippen molar-refractivity contribution in [1.82, 2.24) is 9.97 Å². The number of benzene rings is 1. The zero-order chi connectivity index (χ0) is 11.4. The third kappa shape index (κ3) is 2.01. The Balaban J connectivity index is 2.44. The number of nitrogens with two attached hydrogens (primary N) is 1. The van der Waals surface area contributed by atoms with E-state index in [1.165, 1.54) is 6.33 Å². The minimum atomic E-state index is 0.449. The van der Waals surface area contributed by atoms with Crippen LogP contribution in [0.5, 0.6) is 5.75 Å². The molecule has 0 saturated carbocycles. The molecule has 1 aromatic heterocycles. The lowest BCUT2D eigenvalue weighted by atomic mass is 10.1. The van der Waals surface area contributed by atoms with Crippen LogP contribution in [0.1, 0.15) is 5.56 Å². The fourth-order valence-corrected chi connectivity index (χ4v) is 1.57. The summed E-state index contributed by atoms with van der Waals surface area (Å²) >= 11 is 0. The highest BCUT2D eigenvalue weighted by atomic mass is 16.5. The van der Waals surface area contributed by atoms with Gasteiger partial charge in [0, 0.05) is 30.1 Å². The summed E-state index contributed by atoms with van der Waals surface area (Å²) in [5, 5.41) is 0. The number of nitrogens with zero attached hydrogens (tertiary/aromatic N) is 2. The molecule has 0 unspecified atom stereocenters. The summed E-state index contributed by atoms with van der Waals surface area (Å²) in [7, 11) is 1.64.